The fraction of sp³-hybridized carbons (Fsp3) is 0.333. The van der Waals surface area contributed by atoms with E-state index in [2.05, 4.69) is 22.2 Å². The number of rotatable bonds is 6. The van der Waals surface area contributed by atoms with Crippen LogP contribution in [0.1, 0.15) is 18.9 Å². The number of hydrogen-bond donors (Lipinski definition) is 1. The number of anilines is 2. The van der Waals surface area contributed by atoms with Gasteiger partial charge in [0, 0.05) is 20.1 Å². The van der Waals surface area contributed by atoms with Crippen LogP contribution in [0.25, 0.3) is 0 Å². The highest BCUT2D eigenvalue weighted by Gasteiger charge is 2.06. The van der Waals surface area contributed by atoms with Crippen LogP contribution in [0.4, 0.5) is 16.0 Å². The first-order valence-corrected chi connectivity index (χ1v) is 6.70. The summed E-state index contributed by atoms with van der Waals surface area (Å²) in [6.07, 6.45) is 4.44. The smallest absolute Gasteiger partial charge is 0.149 e. The standard InChI is InChI=1S/C15H19FN4/c1-3-7-18-14-9-17-10-15(19-14)20(2)11-12-5-4-6-13(16)8-12/h4-6,8-10H,3,7,11H2,1-2H3,(H,18,19). The Balaban J connectivity index is 2.06. The molecule has 0 amide bonds. The Labute approximate surface area is 118 Å². The summed E-state index contributed by atoms with van der Waals surface area (Å²) in [5.41, 5.74) is 0.904. The molecule has 0 fully saturated rings. The van der Waals surface area contributed by atoms with Crippen LogP contribution in [0, 0.1) is 5.82 Å². The molecule has 2 rings (SSSR count). The van der Waals surface area contributed by atoms with E-state index < -0.39 is 0 Å². The van der Waals surface area contributed by atoms with Crippen LogP contribution in [0.2, 0.25) is 0 Å². The van der Waals surface area contributed by atoms with Gasteiger partial charge >= 0.3 is 0 Å². The average molecular weight is 274 g/mol. The lowest BCUT2D eigenvalue weighted by Gasteiger charge is -2.18. The van der Waals surface area contributed by atoms with E-state index in [1.54, 1.807) is 18.5 Å². The zero-order valence-electron chi connectivity index (χ0n) is 11.8. The van der Waals surface area contributed by atoms with Crippen molar-refractivity contribution in [1.29, 1.82) is 0 Å². The van der Waals surface area contributed by atoms with Gasteiger partial charge in [0.1, 0.15) is 17.5 Å². The van der Waals surface area contributed by atoms with Gasteiger partial charge in [-0.2, -0.15) is 0 Å². The molecule has 0 saturated carbocycles. The van der Waals surface area contributed by atoms with Crippen LogP contribution in [0.15, 0.2) is 36.7 Å². The fourth-order valence-electron chi connectivity index (χ4n) is 1.87. The Morgan fingerprint density at radius 3 is 2.90 bits per heavy atom. The lowest BCUT2D eigenvalue weighted by atomic mass is 10.2. The molecule has 5 heteroatoms. The Kier molecular flexibility index (Phi) is 4.87. The molecule has 0 aliphatic rings. The molecular formula is C15H19FN4. The Morgan fingerprint density at radius 1 is 1.30 bits per heavy atom. The third-order valence-electron chi connectivity index (χ3n) is 2.88. The molecule has 106 valence electrons. The Hall–Kier alpha value is -2.17. The largest absolute Gasteiger partial charge is 0.369 e. The van der Waals surface area contributed by atoms with Gasteiger partial charge in [-0.3, -0.25) is 4.98 Å². The molecule has 1 N–H and O–H groups in total. The quantitative estimate of drug-likeness (QED) is 0.879. The van der Waals surface area contributed by atoms with E-state index in [1.807, 2.05) is 18.0 Å². The van der Waals surface area contributed by atoms with Crippen LogP contribution >= 0.6 is 0 Å². The fourth-order valence-corrected chi connectivity index (χ4v) is 1.87. The highest BCUT2D eigenvalue weighted by Crippen LogP contribution is 2.14. The molecule has 4 nitrogen and oxygen atoms in total. The highest BCUT2D eigenvalue weighted by molar-refractivity contribution is 5.43. The second-order valence-corrected chi connectivity index (χ2v) is 4.68. The summed E-state index contributed by atoms with van der Waals surface area (Å²) in [7, 11) is 1.92. The lowest BCUT2D eigenvalue weighted by Crippen LogP contribution is -2.18. The van der Waals surface area contributed by atoms with Crippen molar-refractivity contribution in [3.8, 4) is 0 Å². The first-order chi connectivity index (χ1) is 9.69. The van der Waals surface area contributed by atoms with Gasteiger partial charge in [0.25, 0.3) is 0 Å². The van der Waals surface area contributed by atoms with Gasteiger partial charge in [-0.25, -0.2) is 9.37 Å². The van der Waals surface area contributed by atoms with E-state index in [9.17, 15) is 4.39 Å². The maximum Gasteiger partial charge on any atom is 0.149 e. The van der Waals surface area contributed by atoms with E-state index >= 15 is 0 Å². The maximum absolute atomic E-state index is 13.2. The number of halogens is 1. The lowest BCUT2D eigenvalue weighted by molar-refractivity contribution is 0.625. The molecule has 0 radical (unpaired) electrons. The van der Waals surface area contributed by atoms with Gasteiger partial charge < -0.3 is 10.2 Å². The van der Waals surface area contributed by atoms with Gasteiger partial charge in [-0.1, -0.05) is 19.1 Å². The summed E-state index contributed by atoms with van der Waals surface area (Å²) in [6, 6.07) is 6.58. The average Bonchev–Trinajstić information content (AvgIpc) is 2.45. The topological polar surface area (TPSA) is 41.1 Å². The van der Waals surface area contributed by atoms with Crippen molar-refractivity contribution in [1.82, 2.24) is 9.97 Å². The summed E-state index contributed by atoms with van der Waals surface area (Å²) < 4.78 is 13.2. The summed E-state index contributed by atoms with van der Waals surface area (Å²) in [5, 5.41) is 3.20. The molecule has 0 atom stereocenters. The minimum absolute atomic E-state index is 0.222. The van der Waals surface area contributed by atoms with Crippen LogP contribution < -0.4 is 10.2 Å². The molecule has 0 unspecified atom stereocenters. The molecule has 1 aromatic carbocycles. The number of nitrogens with zero attached hydrogens (tertiary/aromatic N) is 3. The van der Waals surface area contributed by atoms with Crippen molar-refractivity contribution in [3.05, 3.63) is 48.0 Å². The monoisotopic (exact) mass is 274 g/mol. The van der Waals surface area contributed by atoms with Gasteiger partial charge in [0.05, 0.1) is 12.4 Å². The van der Waals surface area contributed by atoms with Gasteiger partial charge in [0.2, 0.25) is 0 Å². The molecule has 0 spiro atoms. The Morgan fingerprint density at radius 2 is 2.15 bits per heavy atom. The van der Waals surface area contributed by atoms with E-state index in [1.165, 1.54) is 12.1 Å². The Bertz CT molecular complexity index is 559. The van der Waals surface area contributed by atoms with E-state index in [0.29, 0.717) is 6.54 Å². The van der Waals surface area contributed by atoms with Crippen molar-refractivity contribution in [3.63, 3.8) is 0 Å². The van der Waals surface area contributed by atoms with Crippen LogP contribution in [-0.4, -0.2) is 23.6 Å². The van der Waals surface area contributed by atoms with Crippen LogP contribution in [0.5, 0.6) is 0 Å². The molecule has 1 aromatic heterocycles. The predicted octanol–water partition coefficient (Wildman–Crippen LogP) is 3.07. The summed E-state index contributed by atoms with van der Waals surface area (Å²) in [4.78, 5) is 10.6. The summed E-state index contributed by atoms with van der Waals surface area (Å²) in [5.74, 6) is 1.30. The molecule has 20 heavy (non-hydrogen) atoms. The van der Waals surface area contributed by atoms with Crippen molar-refractivity contribution >= 4 is 11.6 Å². The zero-order valence-corrected chi connectivity index (χ0v) is 11.8. The van der Waals surface area contributed by atoms with Gasteiger partial charge in [-0.15, -0.1) is 0 Å². The van der Waals surface area contributed by atoms with Crippen molar-refractivity contribution in [2.45, 2.75) is 19.9 Å². The van der Waals surface area contributed by atoms with E-state index in [-0.39, 0.29) is 5.82 Å². The third-order valence-corrected chi connectivity index (χ3v) is 2.88. The van der Waals surface area contributed by atoms with Gasteiger partial charge in [0.15, 0.2) is 0 Å². The minimum atomic E-state index is -0.222. The molecule has 0 saturated heterocycles. The van der Waals surface area contributed by atoms with Crippen molar-refractivity contribution < 1.29 is 4.39 Å². The van der Waals surface area contributed by atoms with Gasteiger partial charge in [-0.05, 0) is 24.1 Å². The SMILES string of the molecule is CCCNc1cncc(N(C)Cc2cccc(F)c2)n1. The first kappa shape index (κ1) is 14.2. The molecule has 2 aromatic rings. The normalized spacial score (nSPS) is 10.3. The van der Waals surface area contributed by atoms with Crippen LogP contribution in [-0.2, 0) is 6.54 Å². The summed E-state index contributed by atoms with van der Waals surface area (Å²) >= 11 is 0. The van der Waals surface area contributed by atoms with Crippen molar-refractivity contribution in [2.75, 3.05) is 23.8 Å². The molecule has 0 bridgehead atoms. The number of nitrogens with one attached hydrogen (secondary N) is 1. The zero-order chi connectivity index (χ0) is 14.4. The second kappa shape index (κ2) is 6.84. The molecule has 1 heterocycles. The van der Waals surface area contributed by atoms with E-state index in [0.717, 1.165) is 30.2 Å². The number of hydrogen-bond acceptors (Lipinski definition) is 4. The minimum Gasteiger partial charge on any atom is -0.369 e. The predicted molar refractivity (Wildman–Crippen MR) is 79.3 cm³/mol. The first-order valence-electron chi connectivity index (χ1n) is 6.70. The maximum atomic E-state index is 13.2. The molecule has 0 aliphatic carbocycles. The second-order valence-electron chi connectivity index (χ2n) is 4.68. The number of aromatic nitrogens is 2. The molecule has 0 aliphatic heterocycles. The summed E-state index contributed by atoms with van der Waals surface area (Å²) in [6.45, 7) is 3.55. The third kappa shape index (κ3) is 3.91. The van der Waals surface area contributed by atoms with Crippen LogP contribution in [0.3, 0.4) is 0 Å². The molecular weight excluding hydrogens is 255 g/mol. The highest BCUT2D eigenvalue weighted by atomic mass is 19.1. The van der Waals surface area contributed by atoms with Crippen molar-refractivity contribution in [2.24, 2.45) is 0 Å². The van der Waals surface area contributed by atoms with E-state index in [4.69, 9.17) is 0 Å². The number of benzene rings is 1.